The standard InChI is InChI=1S/C26H28N4O2/c1-18-21(20-12-6-7-13-22(20)28-18)17-25(31)29-23(16-19-10-4-3-5-11-19)26(32)30(2)24-14-8-9-15-27-24/h3-15,20,22-23,28H,16-17H2,1-2H3,(H,29,31)/t20?,22?,23-/m0/s1. The molecule has 1 aliphatic carbocycles. The van der Waals surface area contributed by atoms with Gasteiger partial charge in [-0.3, -0.25) is 14.5 Å². The number of benzene rings is 1. The molecule has 2 aromatic rings. The highest BCUT2D eigenvalue weighted by Gasteiger charge is 2.32. The van der Waals surface area contributed by atoms with Crippen LogP contribution in [-0.2, 0) is 16.0 Å². The first kappa shape index (κ1) is 21.6. The molecule has 164 valence electrons. The summed E-state index contributed by atoms with van der Waals surface area (Å²) in [5.74, 6) is 0.360. The van der Waals surface area contributed by atoms with E-state index in [4.69, 9.17) is 0 Å². The van der Waals surface area contributed by atoms with Crippen molar-refractivity contribution in [2.24, 2.45) is 5.92 Å². The van der Waals surface area contributed by atoms with Crippen LogP contribution < -0.4 is 15.5 Å². The summed E-state index contributed by atoms with van der Waals surface area (Å²) in [6, 6.07) is 14.6. The number of pyridine rings is 1. The molecule has 2 N–H and O–H groups in total. The van der Waals surface area contributed by atoms with Crippen molar-refractivity contribution in [1.29, 1.82) is 0 Å². The molecule has 2 heterocycles. The third kappa shape index (κ3) is 4.80. The van der Waals surface area contributed by atoms with E-state index in [1.165, 1.54) is 4.90 Å². The van der Waals surface area contributed by atoms with Crippen molar-refractivity contribution in [3.05, 3.63) is 95.9 Å². The number of allylic oxidation sites excluding steroid dienone is 3. The Balaban J connectivity index is 1.50. The van der Waals surface area contributed by atoms with Gasteiger partial charge in [-0.1, -0.05) is 60.7 Å². The molecule has 3 atom stereocenters. The van der Waals surface area contributed by atoms with Gasteiger partial charge in [0.15, 0.2) is 0 Å². The number of carbonyl (C=O) groups is 2. The number of carbonyl (C=O) groups excluding carboxylic acids is 2. The predicted molar refractivity (Wildman–Crippen MR) is 126 cm³/mol. The lowest BCUT2D eigenvalue weighted by atomic mass is 9.89. The second-order valence-electron chi connectivity index (χ2n) is 8.19. The molecule has 1 aromatic carbocycles. The molecular formula is C26H28N4O2. The maximum atomic E-state index is 13.3. The lowest BCUT2D eigenvalue weighted by molar-refractivity contribution is -0.127. The quantitative estimate of drug-likeness (QED) is 0.711. The SMILES string of the molecule is CC1=C(CC(=O)N[C@@H](Cc2ccccc2)C(=O)N(C)c2ccccn2)C2C=CC=CC2N1. The summed E-state index contributed by atoms with van der Waals surface area (Å²) in [7, 11) is 1.69. The Morgan fingerprint density at radius 3 is 2.59 bits per heavy atom. The van der Waals surface area contributed by atoms with E-state index in [0.29, 0.717) is 12.2 Å². The normalized spacial score (nSPS) is 19.8. The number of nitrogens with one attached hydrogen (secondary N) is 2. The fraction of sp³-hybridized carbons (Fsp3) is 0.269. The molecule has 0 spiro atoms. The number of anilines is 1. The first-order valence-electron chi connectivity index (χ1n) is 10.9. The van der Waals surface area contributed by atoms with Crippen LogP contribution in [0.3, 0.4) is 0 Å². The van der Waals surface area contributed by atoms with Crippen LogP contribution in [-0.4, -0.2) is 35.9 Å². The zero-order valence-electron chi connectivity index (χ0n) is 18.4. The van der Waals surface area contributed by atoms with Crippen molar-refractivity contribution in [3.8, 4) is 0 Å². The van der Waals surface area contributed by atoms with Crippen molar-refractivity contribution in [3.63, 3.8) is 0 Å². The Morgan fingerprint density at radius 1 is 1.09 bits per heavy atom. The number of likely N-dealkylation sites (N-methyl/N-ethyl adjacent to an activating group) is 1. The molecule has 1 aliphatic heterocycles. The predicted octanol–water partition coefficient (Wildman–Crippen LogP) is 3.15. The van der Waals surface area contributed by atoms with E-state index in [2.05, 4.69) is 27.8 Å². The highest BCUT2D eigenvalue weighted by atomic mass is 16.2. The van der Waals surface area contributed by atoms with E-state index in [1.807, 2.05) is 55.5 Å². The summed E-state index contributed by atoms with van der Waals surface area (Å²) < 4.78 is 0. The molecule has 1 aromatic heterocycles. The van der Waals surface area contributed by atoms with E-state index in [1.54, 1.807) is 25.4 Å². The van der Waals surface area contributed by atoms with Crippen LogP contribution in [0, 0.1) is 5.92 Å². The van der Waals surface area contributed by atoms with E-state index in [-0.39, 0.29) is 30.2 Å². The fourth-order valence-corrected chi connectivity index (χ4v) is 4.29. The first-order valence-corrected chi connectivity index (χ1v) is 10.9. The smallest absolute Gasteiger partial charge is 0.250 e. The molecule has 4 rings (SSSR count). The molecule has 0 saturated heterocycles. The molecule has 32 heavy (non-hydrogen) atoms. The maximum absolute atomic E-state index is 13.3. The van der Waals surface area contributed by atoms with Crippen LogP contribution in [0.2, 0.25) is 0 Å². The molecule has 2 amide bonds. The van der Waals surface area contributed by atoms with Crippen LogP contribution in [0.1, 0.15) is 18.9 Å². The van der Waals surface area contributed by atoms with Crippen LogP contribution in [0.25, 0.3) is 0 Å². The summed E-state index contributed by atoms with van der Waals surface area (Å²) >= 11 is 0. The third-order valence-corrected chi connectivity index (χ3v) is 5.99. The van der Waals surface area contributed by atoms with Crippen molar-refractivity contribution < 1.29 is 9.59 Å². The van der Waals surface area contributed by atoms with Crippen molar-refractivity contribution in [2.75, 3.05) is 11.9 Å². The molecule has 2 unspecified atom stereocenters. The van der Waals surface area contributed by atoms with Gasteiger partial charge in [-0.05, 0) is 30.2 Å². The first-order chi connectivity index (χ1) is 15.5. The molecule has 0 fully saturated rings. The number of amides is 2. The zero-order chi connectivity index (χ0) is 22.5. The second kappa shape index (κ2) is 9.64. The Labute approximate surface area is 188 Å². The van der Waals surface area contributed by atoms with E-state index in [9.17, 15) is 9.59 Å². The van der Waals surface area contributed by atoms with Gasteiger partial charge in [-0.15, -0.1) is 0 Å². The van der Waals surface area contributed by atoms with Gasteiger partial charge >= 0.3 is 0 Å². The number of hydrogen-bond acceptors (Lipinski definition) is 4. The lowest BCUT2D eigenvalue weighted by Gasteiger charge is -2.25. The molecule has 2 aliphatic rings. The molecule has 6 nitrogen and oxygen atoms in total. The second-order valence-corrected chi connectivity index (χ2v) is 8.19. The number of fused-ring (bicyclic) bond motifs is 1. The van der Waals surface area contributed by atoms with Gasteiger partial charge in [0.2, 0.25) is 5.91 Å². The van der Waals surface area contributed by atoms with E-state index >= 15 is 0 Å². The number of aromatic nitrogens is 1. The largest absolute Gasteiger partial charge is 0.381 e. The Bertz CT molecular complexity index is 1060. The Hall–Kier alpha value is -3.67. The van der Waals surface area contributed by atoms with Gasteiger partial charge in [-0.2, -0.15) is 0 Å². The highest BCUT2D eigenvalue weighted by Crippen LogP contribution is 2.32. The number of nitrogens with zero attached hydrogens (tertiary/aromatic N) is 2. The molecule has 0 bridgehead atoms. The summed E-state index contributed by atoms with van der Waals surface area (Å²) in [6.07, 6.45) is 10.6. The fourth-order valence-electron chi connectivity index (χ4n) is 4.29. The van der Waals surface area contributed by atoms with E-state index in [0.717, 1.165) is 16.8 Å². The summed E-state index contributed by atoms with van der Waals surface area (Å²) in [4.78, 5) is 32.2. The molecule has 6 heteroatoms. The monoisotopic (exact) mass is 428 g/mol. The van der Waals surface area contributed by atoms with Gasteiger partial charge in [0.1, 0.15) is 11.9 Å². The molecule has 0 saturated carbocycles. The van der Waals surface area contributed by atoms with Crippen LogP contribution in [0.15, 0.2) is 90.3 Å². The summed E-state index contributed by atoms with van der Waals surface area (Å²) in [6.45, 7) is 2.00. The van der Waals surface area contributed by atoms with Gasteiger partial charge in [0, 0.05) is 31.3 Å². The van der Waals surface area contributed by atoms with Crippen molar-refractivity contribution in [1.82, 2.24) is 15.6 Å². The summed E-state index contributed by atoms with van der Waals surface area (Å²) in [5, 5.41) is 6.44. The Kier molecular flexibility index (Phi) is 6.50. The van der Waals surface area contributed by atoms with Gasteiger partial charge < -0.3 is 10.6 Å². The van der Waals surface area contributed by atoms with Gasteiger partial charge in [-0.25, -0.2) is 4.98 Å². The Morgan fingerprint density at radius 2 is 1.84 bits per heavy atom. The van der Waals surface area contributed by atoms with Crippen LogP contribution in [0.5, 0.6) is 0 Å². The average Bonchev–Trinajstić information content (AvgIpc) is 3.13. The average molecular weight is 429 g/mol. The van der Waals surface area contributed by atoms with Crippen LogP contribution in [0.4, 0.5) is 5.82 Å². The maximum Gasteiger partial charge on any atom is 0.250 e. The van der Waals surface area contributed by atoms with E-state index < -0.39 is 6.04 Å². The number of rotatable bonds is 7. The van der Waals surface area contributed by atoms with Gasteiger partial charge in [0.05, 0.1) is 12.5 Å². The highest BCUT2D eigenvalue weighted by molar-refractivity contribution is 5.98. The van der Waals surface area contributed by atoms with Crippen LogP contribution >= 0.6 is 0 Å². The third-order valence-electron chi connectivity index (χ3n) is 5.99. The van der Waals surface area contributed by atoms with Gasteiger partial charge in [0.25, 0.3) is 5.91 Å². The number of hydrogen-bond donors (Lipinski definition) is 2. The lowest BCUT2D eigenvalue weighted by Crippen LogP contribution is -2.49. The zero-order valence-corrected chi connectivity index (χ0v) is 18.4. The van der Waals surface area contributed by atoms with Crippen molar-refractivity contribution >= 4 is 17.6 Å². The minimum atomic E-state index is -0.690. The summed E-state index contributed by atoms with van der Waals surface area (Å²) in [5.41, 5.74) is 3.08. The topological polar surface area (TPSA) is 74.3 Å². The molecule has 0 radical (unpaired) electrons. The van der Waals surface area contributed by atoms with Crippen molar-refractivity contribution in [2.45, 2.75) is 31.8 Å². The minimum absolute atomic E-state index is 0.159. The minimum Gasteiger partial charge on any atom is -0.381 e. The molecular weight excluding hydrogens is 400 g/mol.